The zero-order valence-corrected chi connectivity index (χ0v) is 15.1. The number of para-hydroxylation sites is 1. The van der Waals surface area contributed by atoms with Crippen LogP contribution in [-0.4, -0.2) is 24.1 Å². The van der Waals surface area contributed by atoms with Gasteiger partial charge in [-0.25, -0.2) is 9.78 Å². The number of hydrogen-bond acceptors (Lipinski definition) is 3. The molecule has 2 aromatic rings. The number of pyridine rings is 1. The molecule has 5 nitrogen and oxygen atoms in total. The number of rotatable bonds is 4. The quantitative estimate of drug-likeness (QED) is 0.826. The van der Waals surface area contributed by atoms with Gasteiger partial charge in [-0.05, 0) is 65.0 Å². The number of anilines is 2. The van der Waals surface area contributed by atoms with Crippen LogP contribution in [0.25, 0.3) is 0 Å². The Hall–Kier alpha value is -2.08. The van der Waals surface area contributed by atoms with Gasteiger partial charge in [0, 0.05) is 30.3 Å². The molecule has 1 aromatic heterocycles. The van der Waals surface area contributed by atoms with Crippen LogP contribution in [0.15, 0.2) is 47.1 Å². The molecule has 0 aliphatic carbocycles. The van der Waals surface area contributed by atoms with E-state index in [1.807, 2.05) is 36.5 Å². The third kappa shape index (κ3) is 4.47. The lowest BCUT2D eigenvalue weighted by atomic mass is 10.1. The summed E-state index contributed by atoms with van der Waals surface area (Å²) in [7, 11) is 0. The molecule has 0 spiro atoms. The van der Waals surface area contributed by atoms with Crippen molar-refractivity contribution < 1.29 is 4.79 Å². The Kier molecular flexibility index (Phi) is 5.69. The van der Waals surface area contributed by atoms with Crippen LogP contribution in [0.4, 0.5) is 16.3 Å². The first-order valence-corrected chi connectivity index (χ1v) is 9.01. The third-order valence-electron chi connectivity index (χ3n) is 4.07. The number of urea groups is 1. The fourth-order valence-corrected chi connectivity index (χ4v) is 3.16. The van der Waals surface area contributed by atoms with E-state index in [1.165, 1.54) is 19.3 Å². The van der Waals surface area contributed by atoms with Gasteiger partial charge in [0.15, 0.2) is 0 Å². The van der Waals surface area contributed by atoms with E-state index in [4.69, 9.17) is 0 Å². The van der Waals surface area contributed by atoms with Crippen molar-refractivity contribution in [3.05, 3.63) is 52.6 Å². The second-order valence-electron chi connectivity index (χ2n) is 5.86. The maximum atomic E-state index is 12.1. The molecular weight excluding hydrogens is 368 g/mol. The molecule has 1 aromatic carbocycles. The molecule has 2 N–H and O–H groups in total. The van der Waals surface area contributed by atoms with Crippen molar-refractivity contribution in [1.82, 2.24) is 10.3 Å². The predicted octanol–water partition coefficient (Wildman–Crippen LogP) is 4.16. The molecule has 0 unspecified atom stereocenters. The summed E-state index contributed by atoms with van der Waals surface area (Å²) in [5.41, 5.74) is 1.80. The molecule has 0 atom stereocenters. The van der Waals surface area contributed by atoms with E-state index in [9.17, 15) is 4.79 Å². The van der Waals surface area contributed by atoms with Crippen molar-refractivity contribution in [3.63, 3.8) is 0 Å². The zero-order valence-electron chi connectivity index (χ0n) is 13.5. The van der Waals surface area contributed by atoms with Gasteiger partial charge in [-0.2, -0.15) is 0 Å². The van der Waals surface area contributed by atoms with E-state index in [0.29, 0.717) is 6.54 Å². The molecule has 1 aliphatic heterocycles. The molecule has 2 heterocycles. The van der Waals surface area contributed by atoms with E-state index in [0.717, 1.165) is 34.6 Å². The summed E-state index contributed by atoms with van der Waals surface area (Å²) in [6, 6.07) is 11.3. The summed E-state index contributed by atoms with van der Waals surface area (Å²) >= 11 is 3.42. The highest BCUT2D eigenvalue weighted by atomic mass is 79.9. The normalized spacial score (nSPS) is 14.3. The molecule has 0 radical (unpaired) electrons. The Morgan fingerprint density at radius 1 is 1.17 bits per heavy atom. The average Bonchev–Trinajstić information content (AvgIpc) is 2.63. The number of halogens is 1. The average molecular weight is 389 g/mol. The lowest BCUT2D eigenvalue weighted by Crippen LogP contribution is -2.31. The van der Waals surface area contributed by atoms with Crippen molar-refractivity contribution in [2.45, 2.75) is 25.8 Å². The smallest absolute Gasteiger partial charge is 0.319 e. The second-order valence-corrected chi connectivity index (χ2v) is 6.71. The minimum atomic E-state index is -0.224. The van der Waals surface area contributed by atoms with E-state index in [1.54, 1.807) is 0 Å². The molecule has 1 aliphatic rings. The maximum absolute atomic E-state index is 12.1. The van der Waals surface area contributed by atoms with Gasteiger partial charge in [0.05, 0.1) is 5.69 Å². The molecule has 126 valence electrons. The number of amides is 2. The molecule has 0 saturated carbocycles. The maximum Gasteiger partial charge on any atom is 0.319 e. The number of nitrogens with one attached hydrogen (secondary N) is 2. The molecule has 3 rings (SSSR count). The fourth-order valence-electron chi connectivity index (χ4n) is 2.78. The zero-order chi connectivity index (χ0) is 16.8. The lowest BCUT2D eigenvalue weighted by molar-refractivity contribution is 0.251. The van der Waals surface area contributed by atoms with Crippen molar-refractivity contribution >= 4 is 33.5 Å². The summed E-state index contributed by atoms with van der Waals surface area (Å²) in [6.07, 6.45) is 5.55. The topological polar surface area (TPSA) is 57.3 Å². The van der Waals surface area contributed by atoms with Gasteiger partial charge < -0.3 is 15.5 Å². The number of benzene rings is 1. The second kappa shape index (κ2) is 8.15. The molecule has 1 saturated heterocycles. The van der Waals surface area contributed by atoms with Gasteiger partial charge in [0.1, 0.15) is 5.82 Å². The van der Waals surface area contributed by atoms with Crippen LogP contribution < -0.4 is 15.5 Å². The number of carbonyl (C=O) groups excluding carboxylic acids is 1. The Balaban J connectivity index is 1.56. The van der Waals surface area contributed by atoms with Gasteiger partial charge in [-0.3, -0.25) is 0 Å². The summed E-state index contributed by atoms with van der Waals surface area (Å²) in [4.78, 5) is 18.8. The van der Waals surface area contributed by atoms with Crippen molar-refractivity contribution in [1.29, 1.82) is 0 Å². The highest BCUT2D eigenvalue weighted by Gasteiger charge is 2.12. The molecular formula is C18H21BrN4O. The van der Waals surface area contributed by atoms with Gasteiger partial charge in [0.2, 0.25) is 0 Å². The van der Waals surface area contributed by atoms with Crippen LogP contribution >= 0.6 is 15.9 Å². The van der Waals surface area contributed by atoms with Crippen LogP contribution in [0.5, 0.6) is 0 Å². The minimum absolute atomic E-state index is 0.224. The van der Waals surface area contributed by atoms with Crippen LogP contribution in [-0.2, 0) is 6.54 Å². The predicted molar refractivity (Wildman–Crippen MR) is 100 cm³/mol. The van der Waals surface area contributed by atoms with Crippen LogP contribution in [0, 0.1) is 0 Å². The number of hydrogen-bond donors (Lipinski definition) is 2. The summed E-state index contributed by atoms with van der Waals surface area (Å²) in [5, 5.41) is 5.72. The summed E-state index contributed by atoms with van der Waals surface area (Å²) in [6.45, 7) is 2.60. The number of piperidine rings is 1. The Bertz CT molecular complexity index is 701. The largest absolute Gasteiger partial charge is 0.357 e. The van der Waals surface area contributed by atoms with Crippen molar-refractivity contribution in [2.24, 2.45) is 0 Å². The molecule has 6 heteroatoms. The minimum Gasteiger partial charge on any atom is -0.357 e. The molecule has 2 amide bonds. The Morgan fingerprint density at radius 2 is 1.96 bits per heavy atom. The van der Waals surface area contributed by atoms with Gasteiger partial charge in [0.25, 0.3) is 0 Å². The molecule has 0 bridgehead atoms. The van der Waals surface area contributed by atoms with Crippen LogP contribution in [0.2, 0.25) is 0 Å². The Morgan fingerprint density at radius 3 is 2.75 bits per heavy atom. The standard InChI is InChI=1S/C18H21BrN4O/c19-15-6-2-3-7-16(15)22-18(24)21-13-14-8-9-20-17(12-14)23-10-4-1-5-11-23/h2-3,6-9,12H,1,4-5,10-11,13H2,(H2,21,22,24). The van der Waals surface area contributed by atoms with E-state index in [2.05, 4.69) is 42.5 Å². The van der Waals surface area contributed by atoms with Gasteiger partial charge >= 0.3 is 6.03 Å². The Labute approximate surface area is 150 Å². The van der Waals surface area contributed by atoms with Gasteiger partial charge in [-0.1, -0.05) is 12.1 Å². The third-order valence-corrected chi connectivity index (χ3v) is 4.76. The highest BCUT2D eigenvalue weighted by Crippen LogP contribution is 2.21. The molecule has 1 fully saturated rings. The SMILES string of the molecule is O=C(NCc1ccnc(N2CCCCC2)c1)Nc1ccccc1Br. The monoisotopic (exact) mass is 388 g/mol. The highest BCUT2D eigenvalue weighted by molar-refractivity contribution is 9.10. The number of nitrogens with zero attached hydrogens (tertiary/aromatic N) is 2. The first-order valence-electron chi connectivity index (χ1n) is 8.21. The molecule has 24 heavy (non-hydrogen) atoms. The number of aromatic nitrogens is 1. The van der Waals surface area contributed by atoms with E-state index < -0.39 is 0 Å². The summed E-state index contributed by atoms with van der Waals surface area (Å²) in [5.74, 6) is 1.00. The number of carbonyl (C=O) groups is 1. The van der Waals surface area contributed by atoms with Crippen LogP contribution in [0.1, 0.15) is 24.8 Å². The van der Waals surface area contributed by atoms with E-state index >= 15 is 0 Å². The van der Waals surface area contributed by atoms with Crippen molar-refractivity contribution in [2.75, 3.05) is 23.3 Å². The fraction of sp³-hybridized carbons (Fsp3) is 0.333. The lowest BCUT2D eigenvalue weighted by Gasteiger charge is -2.27. The first kappa shape index (κ1) is 16.8. The van der Waals surface area contributed by atoms with Crippen molar-refractivity contribution in [3.8, 4) is 0 Å². The van der Waals surface area contributed by atoms with E-state index in [-0.39, 0.29) is 6.03 Å². The van der Waals surface area contributed by atoms with Gasteiger partial charge in [-0.15, -0.1) is 0 Å². The first-order chi connectivity index (χ1) is 11.7. The van der Waals surface area contributed by atoms with Crippen LogP contribution in [0.3, 0.4) is 0 Å². The summed E-state index contributed by atoms with van der Waals surface area (Å²) < 4.78 is 0.858.